The Morgan fingerprint density at radius 3 is 2.57 bits per heavy atom. The fourth-order valence-corrected chi connectivity index (χ4v) is 5.53. The Kier molecular flexibility index (Phi) is 8.77. The van der Waals surface area contributed by atoms with Crippen LogP contribution in [0.25, 0.3) is 0 Å². The van der Waals surface area contributed by atoms with Crippen molar-refractivity contribution in [1.29, 1.82) is 0 Å². The number of rotatable bonds is 10. The molecule has 0 radical (unpaired) electrons. The van der Waals surface area contributed by atoms with Gasteiger partial charge >= 0.3 is 12.0 Å². The van der Waals surface area contributed by atoms with Gasteiger partial charge in [0.25, 0.3) is 5.91 Å². The molecule has 0 unspecified atom stereocenters. The molecule has 42 heavy (non-hydrogen) atoms. The second-order valence-electron chi connectivity index (χ2n) is 10.7. The van der Waals surface area contributed by atoms with E-state index in [4.69, 9.17) is 21.4 Å². The van der Waals surface area contributed by atoms with Crippen LogP contribution in [0.15, 0.2) is 60.9 Å². The highest BCUT2D eigenvalue weighted by molar-refractivity contribution is 6.33. The van der Waals surface area contributed by atoms with Crippen LogP contribution in [0.1, 0.15) is 52.2 Å². The molecule has 3 aromatic rings. The monoisotopic (exact) mass is 592 g/mol. The van der Waals surface area contributed by atoms with Crippen molar-refractivity contribution < 1.29 is 24.2 Å². The van der Waals surface area contributed by atoms with Gasteiger partial charge in [-0.2, -0.15) is 0 Å². The fourth-order valence-electron chi connectivity index (χ4n) is 5.29. The number of hydrogen-bond acceptors (Lipinski definition) is 7. The normalized spacial score (nSPS) is 16.7. The second kappa shape index (κ2) is 12.6. The van der Waals surface area contributed by atoms with E-state index in [2.05, 4.69) is 32.4 Å². The number of urea groups is 1. The third kappa shape index (κ3) is 6.73. The lowest BCUT2D eigenvalue weighted by Gasteiger charge is -2.39. The third-order valence-corrected chi connectivity index (χ3v) is 8.06. The second-order valence-corrected chi connectivity index (χ2v) is 11.1. The maximum Gasteiger partial charge on any atom is 0.354 e. The minimum absolute atomic E-state index is 0.00583. The van der Waals surface area contributed by atoms with Gasteiger partial charge in [-0.1, -0.05) is 48.9 Å². The topological polar surface area (TPSA) is 137 Å². The smallest absolute Gasteiger partial charge is 0.354 e. The Morgan fingerprint density at radius 2 is 1.90 bits per heavy atom. The third-order valence-electron chi connectivity index (χ3n) is 7.77. The van der Waals surface area contributed by atoms with E-state index in [1.807, 2.05) is 30.3 Å². The molecular formula is C30H33ClN6O5. The molecule has 12 heteroatoms. The van der Waals surface area contributed by atoms with Crippen LogP contribution in [0, 0.1) is 0 Å². The molecule has 2 aromatic heterocycles. The number of amides is 3. The maximum atomic E-state index is 12.7. The molecule has 2 fully saturated rings. The highest BCUT2D eigenvalue weighted by Crippen LogP contribution is 2.30. The van der Waals surface area contributed by atoms with Gasteiger partial charge in [0.15, 0.2) is 0 Å². The predicted molar refractivity (Wildman–Crippen MR) is 157 cm³/mol. The molecule has 4 heterocycles. The maximum absolute atomic E-state index is 12.7. The van der Waals surface area contributed by atoms with Crippen LogP contribution in [0.2, 0.25) is 5.02 Å². The molecule has 5 rings (SSSR count). The average molecular weight is 593 g/mol. The van der Waals surface area contributed by atoms with Gasteiger partial charge in [0, 0.05) is 44.7 Å². The van der Waals surface area contributed by atoms with Crippen molar-refractivity contribution in [2.45, 2.75) is 31.2 Å². The van der Waals surface area contributed by atoms with E-state index in [9.17, 15) is 14.4 Å². The number of ether oxygens (including phenoxy) is 1. The van der Waals surface area contributed by atoms with Crippen LogP contribution < -0.4 is 20.3 Å². The number of hydrogen-bond donors (Lipinski definition) is 3. The molecule has 2 aliphatic rings. The number of aromatic nitrogens is 2. The first-order chi connectivity index (χ1) is 20.2. The predicted octanol–water partition coefficient (Wildman–Crippen LogP) is 3.80. The summed E-state index contributed by atoms with van der Waals surface area (Å²) in [6.45, 7) is 5.06. The van der Waals surface area contributed by atoms with Crippen molar-refractivity contribution in [2.75, 3.05) is 44.2 Å². The number of carbonyl (C=O) groups excluding carboxylic acids is 2. The van der Waals surface area contributed by atoms with Gasteiger partial charge in [-0.15, -0.1) is 0 Å². The van der Waals surface area contributed by atoms with Crippen molar-refractivity contribution in [3.05, 3.63) is 82.9 Å². The SMILES string of the molecule is C[C@H](COc1cnc(C(=O)NCCN2CC3(CCN(c4ccc(C(=O)O)nc4)CC3)NC2=O)c(Cl)c1)c1ccccc1. The molecule has 1 spiro atoms. The van der Waals surface area contributed by atoms with E-state index >= 15 is 0 Å². The van der Waals surface area contributed by atoms with Gasteiger partial charge in [0.05, 0.1) is 35.2 Å². The van der Waals surface area contributed by atoms with Crippen molar-refractivity contribution in [3.8, 4) is 5.75 Å². The number of carboxylic acids is 1. The lowest BCUT2D eigenvalue weighted by Crippen LogP contribution is -2.52. The number of nitrogens with one attached hydrogen (secondary N) is 2. The summed E-state index contributed by atoms with van der Waals surface area (Å²) >= 11 is 6.35. The molecule has 0 saturated carbocycles. The Bertz CT molecular complexity index is 1430. The van der Waals surface area contributed by atoms with Gasteiger partial charge in [-0.3, -0.25) is 4.79 Å². The summed E-state index contributed by atoms with van der Waals surface area (Å²) in [6.07, 6.45) is 4.53. The number of nitrogens with zero attached hydrogens (tertiary/aromatic N) is 4. The standard InChI is InChI=1S/C30H33ClN6O5/c1-20(21-5-3-2-4-6-21)18-42-23-15-24(31)26(34-17-23)27(38)32-11-14-37-19-30(35-29(37)41)9-12-36(13-10-30)22-7-8-25(28(39)40)33-16-22/h2-8,15-17,20H,9-14,18-19H2,1H3,(H,32,38)(H,35,41)(H,39,40)/t20-/m1/s1. The fraction of sp³-hybridized carbons (Fsp3) is 0.367. The van der Waals surface area contributed by atoms with Crippen LogP contribution in [0.4, 0.5) is 10.5 Å². The summed E-state index contributed by atoms with van der Waals surface area (Å²) in [5, 5.41) is 15.2. The van der Waals surface area contributed by atoms with Gasteiger partial charge in [-0.05, 0) is 30.5 Å². The van der Waals surface area contributed by atoms with E-state index < -0.39 is 11.9 Å². The number of pyridine rings is 2. The molecule has 3 amide bonds. The number of benzene rings is 1. The van der Waals surface area contributed by atoms with Crippen molar-refractivity contribution in [3.63, 3.8) is 0 Å². The van der Waals surface area contributed by atoms with Crippen LogP contribution in [-0.4, -0.2) is 82.8 Å². The number of aromatic carboxylic acids is 1. The van der Waals surface area contributed by atoms with E-state index in [0.29, 0.717) is 38.5 Å². The van der Waals surface area contributed by atoms with E-state index in [0.717, 1.165) is 24.1 Å². The zero-order valence-corrected chi connectivity index (χ0v) is 24.0. The van der Waals surface area contributed by atoms with Crippen molar-refractivity contribution in [2.24, 2.45) is 0 Å². The zero-order chi connectivity index (χ0) is 29.7. The minimum atomic E-state index is -1.06. The Labute approximate surface area is 248 Å². The molecule has 1 atom stereocenters. The first-order valence-corrected chi connectivity index (χ1v) is 14.2. The Balaban J connectivity index is 1.07. The molecular weight excluding hydrogens is 560 g/mol. The number of piperidine rings is 1. The van der Waals surface area contributed by atoms with Gasteiger partial charge < -0.3 is 30.3 Å². The Morgan fingerprint density at radius 1 is 1.14 bits per heavy atom. The van der Waals surface area contributed by atoms with E-state index in [1.165, 1.54) is 12.3 Å². The van der Waals surface area contributed by atoms with Crippen molar-refractivity contribution >= 4 is 35.2 Å². The highest BCUT2D eigenvalue weighted by Gasteiger charge is 2.44. The summed E-state index contributed by atoms with van der Waals surface area (Å²) in [4.78, 5) is 48.6. The quantitative estimate of drug-likeness (QED) is 0.323. The number of carbonyl (C=O) groups is 3. The summed E-state index contributed by atoms with van der Waals surface area (Å²) < 4.78 is 5.84. The summed E-state index contributed by atoms with van der Waals surface area (Å²) in [5.74, 6) is -0.819. The van der Waals surface area contributed by atoms with Crippen LogP contribution >= 0.6 is 11.6 Å². The zero-order valence-electron chi connectivity index (χ0n) is 23.3. The van der Waals surface area contributed by atoms with Gasteiger partial charge in [0.2, 0.25) is 0 Å². The van der Waals surface area contributed by atoms with Gasteiger partial charge in [0.1, 0.15) is 17.1 Å². The summed E-state index contributed by atoms with van der Waals surface area (Å²) in [6, 6.07) is 14.7. The molecule has 3 N–H and O–H groups in total. The molecule has 0 bridgehead atoms. The largest absolute Gasteiger partial charge is 0.491 e. The number of carboxylic acid groups (broad SMARTS) is 1. The molecule has 220 valence electrons. The first-order valence-electron chi connectivity index (χ1n) is 13.9. The lowest BCUT2D eigenvalue weighted by molar-refractivity contribution is 0.0690. The van der Waals surface area contributed by atoms with Crippen LogP contribution in [0.5, 0.6) is 5.75 Å². The summed E-state index contributed by atoms with van der Waals surface area (Å²) in [5.41, 5.74) is 1.78. The van der Waals surface area contributed by atoms with Crippen LogP contribution in [-0.2, 0) is 0 Å². The molecule has 1 aromatic carbocycles. The molecule has 2 saturated heterocycles. The molecule has 11 nitrogen and oxygen atoms in total. The highest BCUT2D eigenvalue weighted by atomic mass is 35.5. The van der Waals surface area contributed by atoms with Crippen LogP contribution in [0.3, 0.4) is 0 Å². The van der Waals surface area contributed by atoms with Gasteiger partial charge in [-0.25, -0.2) is 19.6 Å². The average Bonchev–Trinajstić information content (AvgIpc) is 3.30. The van der Waals surface area contributed by atoms with E-state index in [1.54, 1.807) is 23.2 Å². The van der Waals surface area contributed by atoms with E-state index in [-0.39, 0.29) is 40.4 Å². The molecule has 0 aliphatic carbocycles. The minimum Gasteiger partial charge on any atom is -0.491 e. The molecule has 2 aliphatic heterocycles. The Hall–Kier alpha value is -4.38. The number of halogens is 1. The lowest BCUT2D eigenvalue weighted by atomic mass is 9.88. The summed E-state index contributed by atoms with van der Waals surface area (Å²) in [7, 11) is 0. The number of anilines is 1. The first kappa shape index (κ1) is 29.1. The van der Waals surface area contributed by atoms with Crippen molar-refractivity contribution in [1.82, 2.24) is 25.5 Å².